The van der Waals surface area contributed by atoms with Gasteiger partial charge in [-0.25, -0.2) is 4.98 Å². The maximum absolute atomic E-state index is 9.39. The van der Waals surface area contributed by atoms with Crippen molar-refractivity contribution in [1.82, 2.24) is 4.98 Å². The van der Waals surface area contributed by atoms with Crippen molar-refractivity contribution in [2.45, 2.75) is 0 Å². The fourth-order valence-corrected chi connectivity index (χ4v) is 2.37. The molecule has 21 heavy (non-hydrogen) atoms. The molecule has 0 amide bonds. The van der Waals surface area contributed by atoms with E-state index in [4.69, 9.17) is 0 Å². The van der Waals surface area contributed by atoms with Gasteiger partial charge in [-0.1, -0.05) is 30.3 Å². The lowest BCUT2D eigenvalue weighted by atomic mass is 10.2. The lowest BCUT2D eigenvalue weighted by Crippen LogP contribution is -1.74. The number of hydrogen-bond donors (Lipinski definition) is 2. The molecule has 0 aliphatic carbocycles. The molecule has 3 rings (SSSR count). The summed E-state index contributed by atoms with van der Waals surface area (Å²) < 4.78 is 0. The van der Waals surface area contributed by atoms with Gasteiger partial charge >= 0.3 is 0 Å². The Morgan fingerprint density at radius 3 is 2.48 bits per heavy atom. The average molecular weight is 297 g/mol. The smallest absolute Gasteiger partial charge is 0.230 e. The average Bonchev–Trinajstić information content (AvgIpc) is 2.98. The standard InChI is InChI=1S/C15H11N3O2S/c19-13-7-6-11(8-14(13)20)17-18-15-16-12(9-21-15)10-4-2-1-3-5-10/h1-9,19-20H. The van der Waals surface area contributed by atoms with Crippen molar-refractivity contribution in [3.8, 4) is 22.8 Å². The molecule has 0 aliphatic heterocycles. The molecule has 0 spiro atoms. The van der Waals surface area contributed by atoms with Gasteiger partial charge in [0, 0.05) is 17.0 Å². The molecule has 0 radical (unpaired) electrons. The second kappa shape index (κ2) is 5.72. The lowest BCUT2D eigenvalue weighted by molar-refractivity contribution is 0.404. The van der Waals surface area contributed by atoms with Crippen LogP contribution in [0, 0.1) is 0 Å². The minimum atomic E-state index is -0.226. The summed E-state index contributed by atoms with van der Waals surface area (Å²) in [5, 5.41) is 29.1. The van der Waals surface area contributed by atoms with Crippen molar-refractivity contribution in [3.63, 3.8) is 0 Å². The molecule has 1 aromatic heterocycles. The second-order valence-corrected chi connectivity index (χ2v) is 5.09. The van der Waals surface area contributed by atoms with E-state index in [1.807, 2.05) is 35.7 Å². The Morgan fingerprint density at radius 1 is 0.905 bits per heavy atom. The normalized spacial score (nSPS) is 11.0. The molecule has 0 saturated carbocycles. The fraction of sp³-hybridized carbons (Fsp3) is 0. The Labute approximate surface area is 124 Å². The lowest BCUT2D eigenvalue weighted by Gasteiger charge is -1.96. The largest absolute Gasteiger partial charge is 0.504 e. The topological polar surface area (TPSA) is 78.1 Å². The van der Waals surface area contributed by atoms with Gasteiger partial charge in [-0.15, -0.1) is 21.6 Å². The first-order valence-electron chi connectivity index (χ1n) is 6.17. The van der Waals surface area contributed by atoms with Crippen LogP contribution < -0.4 is 0 Å². The number of benzene rings is 2. The number of nitrogens with zero attached hydrogens (tertiary/aromatic N) is 3. The molecule has 3 aromatic rings. The van der Waals surface area contributed by atoms with Crippen molar-refractivity contribution in [3.05, 3.63) is 53.9 Å². The van der Waals surface area contributed by atoms with E-state index >= 15 is 0 Å². The quantitative estimate of drug-likeness (QED) is 0.546. The molecule has 0 aliphatic rings. The van der Waals surface area contributed by atoms with Crippen LogP contribution in [0.4, 0.5) is 10.8 Å². The number of thiazole rings is 1. The first kappa shape index (κ1) is 13.3. The van der Waals surface area contributed by atoms with Crippen molar-refractivity contribution in [2.75, 3.05) is 0 Å². The second-order valence-electron chi connectivity index (χ2n) is 4.25. The van der Waals surface area contributed by atoms with E-state index in [2.05, 4.69) is 15.2 Å². The third kappa shape index (κ3) is 3.06. The molecule has 2 aromatic carbocycles. The van der Waals surface area contributed by atoms with Gasteiger partial charge < -0.3 is 10.2 Å². The molecule has 0 bridgehead atoms. The van der Waals surface area contributed by atoms with Crippen LogP contribution in [0.25, 0.3) is 11.3 Å². The van der Waals surface area contributed by atoms with Crippen molar-refractivity contribution >= 4 is 22.2 Å². The third-order valence-corrected chi connectivity index (χ3v) is 3.50. The minimum absolute atomic E-state index is 0.186. The number of phenolic OH excluding ortho intramolecular Hbond substituents is 2. The maximum atomic E-state index is 9.39. The number of rotatable bonds is 3. The summed E-state index contributed by atoms with van der Waals surface area (Å²) in [6, 6.07) is 14.1. The molecule has 104 valence electrons. The SMILES string of the molecule is Oc1ccc(N=Nc2nc(-c3ccccc3)cs2)cc1O. The molecular weight excluding hydrogens is 286 g/mol. The van der Waals surface area contributed by atoms with E-state index < -0.39 is 0 Å². The first-order valence-corrected chi connectivity index (χ1v) is 7.05. The number of azo groups is 1. The van der Waals surface area contributed by atoms with Crippen LogP contribution >= 0.6 is 11.3 Å². The van der Waals surface area contributed by atoms with Gasteiger partial charge in [0.2, 0.25) is 5.13 Å². The van der Waals surface area contributed by atoms with Crippen molar-refractivity contribution in [1.29, 1.82) is 0 Å². The summed E-state index contributed by atoms with van der Waals surface area (Å²) in [5.74, 6) is -0.412. The van der Waals surface area contributed by atoms with E-state index in [1.54, 1.807) is 6.07 Å². The Morgan fingerprint density at radius 2 is 1.71 bits per heavy atom. The summed E-state index contributed by atoms with van der Waals surface area (Å²) in [5.41, 5.74) is 2.32. The summed E-state index contributed by atoms with van der Waals surface area (Å²) in [6.45, 7) is 0. The third-order valence-electron chi connectivity index (χ3n) is 2.77. The monoisotopic (exact) mass is 297 g/mol. The van der Waals surface area contributed by atoms with Crippen LogP contribution in [0.1, 0.15) is 0 Å². The van der Waals surface area contributed by atoms with Crippen LogP contribution in [-0.4, -0.2) is 15.2 Å². The zero-order valence-electron chi connectivity index (χ0n) is 10.8. The van der Waals surface area contributed by atoms with Gasteiger partial charge in [-0.05, 0) is 12.1 Å². The summed E-state index contributed by atoms with van der Waals surface area (Å²) in [7, 11) is 0. The Kier molecular flexibility index (Phi) is 3.61. The van der Waals surface area contributed by atoms with E-state index in [0.717, 1.165) is 11.3 Å². The van der Waals surface area contributed by atoms with Crippen LogP contribution in [0.3, 0.4) is 0 Å². The number of aromatic hydroxyl groups is 2. The van der Waals surface area contributed by atoms with E-state index in [1.165, 1.54) is 23.5 Å². The van der Waals surface area contributed by atoms with Gasteiger partial charge in [0.1, 0.15) is 0 Å². The summed E-state index contributed by atoms with van der Waals surface area (Å²) in [6.07, 6.45) is 0. The first-order chi connectivity index (χ1) is 10.2. The van der Waals surface area contributed by atoms with Gasteiger partial charge in [0.15, 0.2) is 11.5 Å². The summed E-state index contributed by atoms with van der Waals surface area (Å²) in [4.78, 5) is 4.38. The van der Waals surface area contributed by atoms with E-state index in [-0.39, 0.29) is 11.5 Å². The van der Waals surface area contributed by atoms with Gasteiger partial charge in [0.05, 0.1) is 11.4 Å². The van der Waals surface area contributed by atoms with Crippen molar-refractivity contribution < 1.29 is 10.2 Å². The molecular formula is C15H11N3O2S. The van der Waals surface area contributed by atoms with Crippen LogP contribution in [0.2, 0.25) is 0 Å². The zero-order valence-corrected chi connectivity index (χ0v) is 11.7. The van der Waals surface area contributed by atoms with Gasteiger partial charge in [-0.2, -0.15) is 0 Å². The summed E-state index contributed by atoms with van der Waals surface area (Å²) >= 11 is 1.39. The Hall–Kier alpha value is -2.73. The fourth-order valence-electron chi connectivity index (χ4n) is 1.73. The number of phenols is 2. The van der Waals surface area contributed by atoms with E-state index in [9.17, 15) is 10.2 Å². The highest BCUT2D eigenvalue weighted by Gasteiger charge is 2.04. The Bertz CT molecular complexity index is 785. The predicted molar refractivity (Wildman–Crippen MR) is 81.5 cm³/mol. The van der Waals surface area contributed by atoms with Crippen LogP contribution in [0.15, 0.2) is 64.1 Å². The molecule has 0 saturated heterocycles. The van der Waals surface area contributed by atoms with E-state index in [0.29, 0.717) is 10.8 Å². The molecule has 1 heterocycles. The molecule has 0 fully saturated rings. The predicted octanol–water partition coefficient (Wildman–Crippen LogP) is 4.64. The number of hydrogen-bond acceptors (Lipinski definition) is 6. The molecule has 6 heteroatoms. The maximum Gasteiger partial charge on any atom is 0.230 e. The molecule has 0 atom stereocenters. The Balaban J connectivity index is 1.81. The molecule has 0 unspecified atom stereocenters. The van der Waals surface area contributed by atoms with Gasteiger partial charge in [0.25, 0.3) is 0 Å². The minimum Gasteiger partial charge on any atom is -0.504 e. The number of aromatic nitrogens is 1. The highest BCUT2D eigenvalue weighted by atomic mass is 32.1. The molecule has 5 nitrogen and oxygen atoms in total. The van der Waals surface area contributed by atoms with Crippen LogP contribution in [-0.2, 0) is 0 Å². The molecule has 2 N–H and O–H groups in total. The highest BCUT2D eigenvalue weighted by molar-refractivity contribution is 7.13. The highest BCUT2D eigenvalue weighted by Crippen LogP contribution is 2.31. The zero-order chi connectivity index (χ0) is 14.7. The van der Waals surface area contributed by atoms with Gasteiger partial charge in [-0.3, -0.25) is 0 Å². The van der Waals surface area contributed by atoms with Crippen molar-refractivity contribution in [2.24, 2.45) is 10.2 Å². The van der Waals surface area contributed by atoms with Crippen LogP contribution in [0.5, 0.6) is 11.5 Å².